The van der Waals surface area contributed by atoms with Gasteiger partial charge in [-0.15, -0.1) is 0 Å². The van der Waals surface area contributed by atoms with Crippen molar-refractivity contribution in [3.63, 3.8) is 0 Å². The minimum Gasteiger partial charge on any atom is -0.354 e. The molecule has 0 atom stereocenters. The molecule has 4 aromatic heterocycles. The van der Waals surface area contributed by atoms with Crippen LogP contribution in [-0.4, -0.2) is 36.3 Å². The van der Waals surface area contributed by atoms with Crippen LogP contribution in [0.1, 0.15) is 55.6 Å². The standard InChI is InChI=1S/C26H25F2N7OS/c1-14-22(27)9-23(28)26(32-14)37-24-8-17(13-34-25(24)18(10-29)11-30-34)21-12-31-35(15(21)2)20-6-4-19(5-7-20)33-16(3)36/h8-9,11-13,19-20H,4-7H2,1-3H3,(H,33,36). The number of pyridine rings is 2. The molecule has 0 bridgehead atoms. The van der Waals surface area contributed by atoms with Gasteiger partial charge in [0.1, 0.15) is 16.9 Å². The second-order valence-corrected chi connectivity index (χ2v) is 10.3. The summed E-state index contributed by atoms with van der Waals surface area (Å²) in [6.07, 6.45) is 8.70. The van der Waals surface area contributed by atoms with Crippen molar-refractivity contribution in [2.75, 3.05) is 0 Å². The molecule has 1 fully saturated rings. The minimum absolute atomic E-state index is 0.00544. The molecule has 0 spiro atoms. The van der Waals surface area contributed by atoms with E-state index in [1.54, 1.807) is 17.6 Å². The summed E-state index contributed by atoms with van der Waals surface area (Å²) < 4.78 is 32.0. The first kappa shape index (κ1) is 24.9. The van der Waals surface area contributed by atoms with E-state index in [2.05, 4.69) is 26.6 Å². The average molecular weight is 522 g/mol. The third-order valence-corrected chi connectivity index (χ3v) is 7.79. The summed E-state index contributed by atoms with van der Waals surface area (Å²) in [5, 5.41) is 21.6. The van der Waals surface area contributed by atoms with Crippen molar-refractivity contribution in [2.45, 2.75) is 68.5 Å². The zero-order valence-corrected chi connectivity index (χ0v) is 21.4. The largest absolute Gasteiger partial charge is 0.354 e. The first-order chi connectivity index (χ1) is 17.7. The Morgan fingerprint density at radius 2 is 1.89 bits per heavy atom. The number of amides is 1. The first-order valence-corrected chi connectivity index (χ1v) is 12.8. The predicted molar refractivity (Wildman–Crippen MR) is 134 cm³/mol. The summed E-state index contributed by atoms with van der Waals surface area (Å²) >= 11 is 1.03. The van der Waals surface area contributed by atoms with Gasteiger partial charge in [0, 0.05) is 46.9 Å². The molecular weight excluding hydrogens is 496 g/mol. The van der Waals surface area contributed by atoms with Crippen LogP contribution in [0.4, 0.5) is 8.78 Å². The molecule has 0 saturated heterocycles. The Balaban J connectivity index is 1.51. The Morgan fingerprint density at radius 3 is 2.59 bits per heavy atom. The number of hydrogen-bond acceptors (Lipinski definition) is 6. The molecule has 11 heteroatoms. The summed E-state index contributed by atoms with van der Waals surface area (Å²) in [5.41, 5.74) is 3.64. The van der Waals surface area contributed by atoms with Gasteiger partial charge in [0.15, 0.2) is 5.82 Å². The number of halogens is 2. The normalized spacial score (nSPS) is 17.6. The number of hydrogen-bond donors (Lipinski definition) is 1. The number of aryl methyl sites for hydroxylation is 1. The van der Waals surface area contributed by atoms with Crippen LogP contribution in [0.2, 0.25) is 0 Å². The third kappa shape index (κ3) is 4.81. The fourth-order valence-electron chi connectivity index (χ4n) is 4.93. The van der Waals surface area contributed by atoms with Gasteiger partial charge < -0.3 is 5.32 Å². The van der Waals surface area contributed by atoms with Gasteiger partial charge in [-0.25, -0.2) is 18.3 Å². The van der Waals surface area contributed by atoms with Crippen LogP contribution in [-0.2, 0) is 4.79 Å². The summed E-state index contributed by atoms with van der Waals surface area (Å²) in [5.74, 6) is -1.49. The molecule has 0 aromatic carbocycles. The molecule has 0 aliphatic heterocycles. The Bertz CT molecular complexity index is 1550. The topological polar surface area (TPSA) is 101 Å². The number of carbonyl (C=O) groups excluding carboxylic acids is 1. The monoisotopic (exact) mass is 521 g/mol. The summed E-state index contributed by atoms with van der Waals surface area (Å²) in [6.45, 7) is 5.03. The highest BCUT2D eigenvalue weighted by molar-refractivity contribution is 7.99. The first-order valence-electron chi connectivity index (χ1n) is 12.0. The maximum Gasteiger partial charge on any atom is 0.217 e. The second kappa shape index (κ2) is 9.94. The molecule has 1 aliphatic carbocycles. The fourth-order valence-corrected chi connectivity index (χ4v) is 5.96. The zero-order valence-electron chi connectivity index (χ0n) is 20.6. The average Bonchev–Trinajstić information content (AvgIpc) is 3.46. The van der Waals surface area contributed by atoms with E-state index in [9.17, 15) is 18.8 Å². The van der Waals surface area contributed by atoms with Crippen LogP contribution >= 0.6 is 11.8 Å². The lowest BCUT2D eigenvalue weighted by molar-refractivity contribution is -0.119. The molecule has 4 aromatic rings. The smallest absolute Gasteiger partial charge is 0.217 e. The van der Waals surface area contributed by atoms with Gasteiger partial charge in [-0.05, 0) is 45.6 Å². The molecule has 37 heavy (non-hydrogen) atoms. The van der Waals surface area contributed by atoms with Gasteiger partial charge in [0.05, 0.1) is 35.2 Å². The number of fused-ring (bicyclic) bond motifs is 1. The number of nitrogens with one attached hydrogen (secondary N) is 1. The van der Waals surface area contributed by atoms with Gasteiger partial charge in [-0.2, -0.15) is 15.5 Å². The van der Waals surface area contributed by atoms with E-state index >= 15 is 0 Å². The number of carbonyl (C=O) groups is 1. The van der Waals surface area contributed by atoms with E-state index < -0.39 is 11.6 Å². The van der Waals surface area contributed by atoms with E-state index in [4.69, 9.17) is 0 Å². The van der Waals surface area contributed by atoms with Gasteiger partial charge in [0.2, 0.25) is 5.91 Å². The maximum atomic E-state index is 14.6. The SMILES string of the molecule is CC(=O)NC1CCC(n2ncc(-c3cc(Sc4nc(C)c(F)cc4F)c4c(C#N)cnn4c3)c2C)CC1. The Hall–Kier alpha value is -3.78. The van der Waals surface area contributed by atoms with Crippen LogP contribution in [0.15, 0.2) is 40.6 Å². The van der Waals surface area contributed by atoms with E-state index in [0.29, 0.717) is 16.0 Å². The predicted octanol–water partition coefficient (Wildman–Crippen LogP) is 5.13. The number of aromatic nitrogens is 5. The highest BCUT2D eigenvalue weighted by atomic mass is 32.2. The number of nitriles is 1. The Morgan fingerprint density at radius 1 is 1.14 bits per heavy atom. The van der Waals surface area contributed by atoms with Gasteiger partial charge in [-0.3, -0.25) is 9.48 Å². The van der Waals surface area contributed by atoms with Crippen molar-refractivity contribution >= 4 is 23.2 Å². The molecule has 8 nitrogen and oxygen atoms in total. The van der Waals surface area contributed by atoms with Crippen molar-refractivity contribution in [3.8, 4) is 17.2 Å². The van der Waals surface area contributed by atoms with Gasteiger partial charge >= 0.3 is 0 Å². The third-order valence-electron chi connectivity index (χ3n) is 6.78. The molecule has 1 N–H and O–H groups in total. The molecule has 5 rings (SSSR count). The van der Waals surface area contributed by atoms with Crippen molar-refractivity contribution in [2.24, 2.45) is 0 Å². The second-order valence-electron chi connectivity index (χ2n) is 9.30. The molecule has 1 amide bonds. The lowest BCUT2D eigenvalue weighted by Gasteiger charge is -2.29. The molecule has 0 unspecified atom stereocenters. The van der Waals surface area contributed by atoms with Crippen molar-refractivity contribution < 1.29 is 13.6 Å². The Kier molecular flexibility index (Phi) is 6.69. The summed E-state index contributed by atoms with van der Waals surface area (Å²) in [7, 11) is 0. The van der Waals surface area contributed by atoms with Crippen LogP contribution < -0.4 is 5.32 Å². The molecule has 0 radical (unpaired) electrons. The van der Waals surface area contributed by atoms with Gasteiger partial charge in [-0.1, -0.05) is 11.8 Å². The molecule has 190 valence electrons. The lowest BCUT2D eigenvalue weighted by atomic mass is 9.91. The van der Waals surface area contributed by atoms with Crippen molar-refractivity contribution in [1.29, 1.82) is 5.26 Å². The van der Waals surface area contributed by atoms with E-state index in [0.717, 1.165) is 60.3 Å². The van der Waals surface area contributed by atoms with Crippen LogP contribution in [0, 0.1) is 36.8 Å². The molecule has 1 saturated carbocycles. The lowest BCUT2D eigenvalue weighted by Crippen LogP contribution is -2.36. The van der Waals surface area contributed by atoms with E-state index in [-0.39, 0.29) is 28.7 Å². The van der Waals surface area contributed by atoms with Crippen LogP contribution in [0.3, 0.4) is 0 Å². The number of rotatable bonds is 5. The summed E-state index contributed by atoms with van der Waals surface area (Å²) in [6, 6.07) is 5.24. The minimum atomic E-state index is -0.770. The summed E-state index contributed by atoms with van der Waals surface area (Å²) in [4.78, 5) is 16.0. The highest BCUT2D eigenvalue weighted by Crippen LogP contribution is 2.38. The van der Waals surface area contributed by atoms with E-state index in [1.807, 2.05) is 23.9 Å². The fraction of sp³-hybridized carbons (Fsp3) is 0.346. The Labute approximate surface area is 216 Å². The van der Waals surface area contributed by atoms with Crippen LogP contribution in [0.5, 0.6) is 0 Å². The quantitative estimate of drug-likeness (QED) is 0.391. The van der Waals surface area contributed by atoms with Crippen molar-refractivity contribution in [3.05, 3.63) is 59.3 Å². The molecule has 4 heterocycles. The molecular formula is C26H25F2N7OS. The van der Waals surface area contributed by atoms with Gasteiger partial charge in [0.25, 0.3) is 0 Å². The van der Waals surface area contributed by atoms with Crippen LogP contribution in [0.25, 0.3) is 16.6 Å². The van der Waals surface area contributed by atoms with Crippen molar-refractivity contribution in [1.82, 2.24) is 29.7 Å². The van der Waals surface area contributed by atoms with E-state index in [1.165, 1.54) is 13.1 Å². The number of nitrogens with zero attached hydrogens (tertiary/aromatic N) is 6. The zero-order chi connectivity index (χ0) is 26.3. The molecule has 1 aliphatic rings. The highest BCUT2D eigenvalue weighted by Gasteiger charge is 2.26. The maximum absolute atomic E-state index is 14.6.